The van der Waals surface area contributed by atoms with Gasteiger partial charge in [0.15, 0.2) is 0 Å². The topological polar surface area (TPSA) is 49.8 Å². The Morgan fingerprint density at radius 1 is 1.53 bits per heavy atom. The van der Waals surface area contributed by atoms with Crippen molar-refractivity contribution in [2.75, 3.05) is 31.6 Å². The van der Waals surface area contributed by atoms with E-state index >= 15 is 0 Å². The molecule has 5 heteroatoms. The molecule has 1 heterocycles. The van der Waals surface area contributed by atoms with Crippen LogP contribution in [0.25, 0.3) is 0 Å². The van der Waals surface area contributed by atoms with Crippen LogP contribution in [0.3, 0.4) is 0 Å². The number of aliphatic hydroxyl groups excluding tert-OH is 1. The van der Waals surface area contributed by atoms with E-state index in [1.54, 1.807) is 4.90 Å². The van der Waals surface area contributed by atoms with Gasteiger partial charge in [0, 0.05) is 24.8 Å². The van der Waals surface area contributed by atoms with Gasteiger partial charge in [-0.2, -0.15) is 0 Å². The summed E-state index contributed by atoms with van der Waals surface area (Å²) in [6, 6.07) is 0. The molecule has 1 atom stereocenters. The van der Waals surface area contributed by atoms with Crippen LogP contribution in [0.2, 0.25) is 0 Å². The first-order valence-corrected chi connectivity index (χ1v) is 6.46. The molecule has 1 aliphatic rings. The maximum absolute atomic E-state index is 11.7. The van der Waals surface area contributed by atoms with Crippen molar-refractivity contribution >= 4 is 21.8 Å². The quantitative estimate of drug-likeness (QED) is 0.598. The Balaban J connectivity index is 2.25. The summed E-state index contributed by atoms with van der Waals surface area (Å²) in [6.45, 7) is 1.72. The van der Waals surface area contributed by atoms with Crippen molar-refractivity contribution in [3.8, 4) is 0 Å². The van der Waals surface area contributed by atoms with E-state index in [2.05, 4.69) is 15.9 Å². The molecule has 1 rings (SSSR count). The minimum absolute atomic E-state index is 0.00875. The molecule has 0 spiro atoms. The average molecular weight is 280 g/mol. The van der Waals surface area contributed by atoms with Crippen molar-refractivity contribution in [2.24, 2.45) is 0 Å². The van der Waals surface area contributed by atoms with Crippen molar-refractivity contribution < 1.29 is 14.6 Å². The monoisotopic (exact) mass is 279 g/mol. The Kier molecular flexibility index (Phi) is 6.20. The summed E-state index contributed by atoms with van der Waals surface area (Å²) in [7, 11) is 0. The van der Waals surface area contributed by atoms with Gasteiger partial charge in [-0.25, -0.2) is 0 Å². The smallest absolute Gasteiger partial charge is 0.222 e. The summed E-state index contributed by atoms with van der Waals surface area (Å²) < 4.78 is 5.28. The van der Waals surface area contributed by atoms with Crippen LogP contribution < -0.4 is 0 Å². The van der Waals surface area contributed by atoms with E-state index < -0.39 is 0 Å². The van der Waals surface area contributed by atoms with Crippen LogP contribution >= 0.6 is 15.9 Å². The first kappa shape index (κ1) is 12.9. The van der Waals surface area contributed by atoms with Gasteiger partial charge < -0.3 is 14.7 Å². The van der Waals surface area contributed by atoms with E-state index in [1.807, 2.05) is 0 Å². The van der Waals surface area contributed by atoms with Crippen LogP contribution in [0.15, 0.2) is 0 Å². The van der Waals surface area contributed by atoms with E-state index in [4.69, 9.17) is 9.84 Å². The molecule has 1 unspecified atom stereocenters. The average Bonchev–Trinajstić information content (AvgIpc) is 2.29. The fourth-order valence-electron chi connectivity index (χ4n) is 1.59. The maximum atomic E-state index is 11.7. The lowest BCUT2D eigenvalue weighted by atomic mass is 10.2. The van der Waals surface area contributed by atoms with Crippen molar-refractivity contribution in [1.29, 1.82) is 0 Å². The van der Waals surface area contributed by atoms with Crippen molar-refractivity contribution in [3.63, 3.8) is 0 Å². The fourth-order valence-corrected chi connectivity index (χ4v) is 1.98. The molecule has 1 amide bonds. The molecule has 1 aliphatic heterocycles. The molecule has 15 heavy (non-hydrogen) atoms. The number of ether oxygens (including phenoxy) is 1. The number of amides is 1. The number of carbonyl (C=O) groups excluding carboxylic acids is 1. The van der Waals surface area contributed by atoms with E-state index in [1.165, 1.54) is 0 Å². The van der Waals surface area contributed by atoms with Gasteiger partial charge >= 0.3 is 0 Å². The molecule has 88 valence electrons. The number of hydrogen-bond acceptors (Lipinski definition) is 3. The number of halogens is 1. The second kappa shape index (κ2) is 7.19. The van der Waals surface area contributed by atoms with Crippen LogP contribution in [-0.2, 0) is 9.53 Å². The summed E-state index contributed by atoms with van der Waals surface area (Å²) in [5.41, 5.74) is 0. The Morgan fingerprint density at radius 3 is 3.00 bits per heavy atom. The zero-order chi connectivity index (χ0) is 11.1. The highest BCUT2D eigenvalue weighted by molar-refractivity contribution is 9.09. The van der Waals surface area contributed by atoms with E-state index in [-0.39, 0.29) is 18.6 Å². The summed E-state index contributed by atoms with van der Waals surface area (Å²) in [4.78, 5) is 13.5. The highest BCUT2D eigenvalue weighted by Gasteiger charge is 2.22. The molecule has 0 aromatic heterocycles. The number of morpholine rings is 1. The number of hydrogen-bond donors (Lipinski definition) is 1. The second-order valence-corrected chi connectivity index (χ2v) is 4.45. The summed E-state index contributed by atoms with van der Waals surface area (Å²) >= 11 is 3.34. The number of rotatable bonds is 5. The lowest BCUT2D eigenvalue weighted by Crippen LogP contribution is -2.46. The number of unbranched alkanes of at least 4 members (excludes halogenated alkanes) is 1. The largest absolute Gasteiger partial charge is 0.394 e. The molecule has 0 aliphatic carbocycles. The Hall–Kier alpha value is -0.130. The zero-order valence-corrected chi connectivity index (χ0v) is 10.4. The van der Waals surface area contributed by atoms with Crippen molar-refractivity contribution in [3.05, 3.63) is 0 Å². The summed E-state index contributed by atoms with van der Waals surface area (Å²) in [6.07, 6.45) is 2.35. The van der Waals surface area contributed by atoms with Crippen LogP contribution in [0, 0.1) is 0 Å². The minimum atomic E-state index is -0.195. The van der Waals surface area contributed by atoms with Gasteiger partial charge in [0.1, 0.15) is 0 Å². The molecule has 1 saturated heterocycles. The van der Waals surface area contributed by atoms with Crippen molar-refractivity contribution in [1.82, 2.24) is 4.90 Å². The molecule has 4 nitrogen and oxygen atoms in total. The van der Waals surface area contributed by atoms with Crippen molar-refractivity contribution in [2.45, 2.75) is 25.4 Å². The molecular formula is C10H18BrNO3. The normalized spacial score (nSPS) is 21.7. The Bertz CT molecular complexity index is 201. The van der Waals surface area contributed by atoms with E-state index in [0.717, 1.165) is 18.2 Å². The van der Waals surface area contributed by atoms with Gasteiger partial charge in [-0.3, -0.25) is 4.79 Å². The molecule has 0 aromatic rings. The van der Waals surface area contributed by atoms with E-state index in [0.29, 0.717) is 26.1 Å². The van der Waals surface area contributed by atoms with Gasteiger partial charge in [-0.1, -0.05) is 15.9 Å². The standard InChI is InChI=1S/C10H18BrNO3/c11-4-2-1-3-10(14)12-5-6-15-9(7-12)8-13/h9,13H,1-8H2. The molecular weight excluding hydrogens is 262 g/mol. The van der Waals surface area contributed by atoms with Crippen LogP contribution in [0.1, 0.15) is 19.3 Å². The number of aliphatic hydroxyl groups is 1. The Labute approximate surface area is 98.7 Å². The first-order chi connectivity index (χ1) is 7.27. The molecule has 0 aromatic carbocycles. The predicted molar refractivity (Wildman–Crippen MR) is 61.1 cm³/mol. The maximum Gasteiger partial charge on any atom is 0.222 e. The van der Waals surface area contributed by atoms with Crippen LogP contribution in [0.4, 0.5) is 0 Å². The third-order valence-electron chi connectivity index (χ3n) is 2.47. The van der Waals surface area contributed by atoms with Gasteiger partial charge in [-0.15, -0.1) is 0 Å². The van der Waals surface area contributed by atoms with Gasteiger partial charge in [-0.05, 0) is 12.8 Å². The predicted octanol–water partition coefficient (Wildman–Crippen LogP) is 0.771. The van der Waals surface area contributed by atoms with Gasteiger partial charge in [0.25, 0.3) is 0 Å². The highest BCUT2D eigenvalue weighted by Crippen LogP contribution is 2.08. The van der Waals surface area contributed by atoms with E-state index in [9.17, 15) is 4.79 Å². The van der Waals surface area contributed by atoms with Gasteiger partial charge in [0.2, 0.25) is 5.91 Å². The van der Waals surface area contributed by atoms with Gasteiger partial charge in [0.05, 0.1) is 19.3 Å². The number of carbonyl (C=O) groups is 1. The number of alkyl halides is 1. The minimum Gasteiger partial charge on any atom is -0.394 e. The molecule has 1 fully saturated rings. The molecule has 0 saturated carbocycles. The lowest BCUT2D eigenvalue weighted by molar-refractivity contribution is -0.140. The summed E-state index contributed by atoms with van der Waals surface area (Å²) in [5, 5.41) is 9.88. The SMILES string of the molecule is O=C(CCCCBr)N1CCOC(CO)C1. The Morgan fingerprint density at radius 2 is 2.33 bits per heavy atom. The zero-order valence-electron chi connectivity index (χ0n) is 8.82. The highest BCUT2D eigenvalue weighted by atomic mass is 79.9. The fraction of sp³-hybridized carbons (Fsp3) is 0.900. The van der Waals surface area contributed by atoms with Crippen LogP contribution in [0.5, 0.6) is 0 Å². The molecule has 0 bridgehead atoms. The molecule has 1 N–H and O–H groups in total. The number of nitrogens with zero attached hydrogens (tertiary/aromatic N) is 1. The third kappa shape index (κ3) is 4.49. The molecule has 0 radical (unpaired) electrons. The van der Waals surface area contributed by atoms with Crippen LogP contribution in [-0.4, -0.2) is 53.7 Å². The second-order valence-electron chi connectivity index (χ2n) is 3.66. The first-order valence-electron chi connectivity index (χ1n) is 5.34. The lowest BCUT2D eigenvalue weighted by Gasteiger charge is -2.32. The summed E-state index contributed by atoms with van der Waals surface area (Å²) in [5.74, 6) is 0.178. The third-order valence-corrected chi connectivity index (χ3v) is 3.03.